The van der Waals surface area contributed by atoms with Gasteiger partial charge in [0.1, 0.15) is 5.78 Å². The van der Waals surface area contributed by atoms with Crippen molar-refractivity contribution >= 4 is 17.4 Å². The fourth-order valence-electron chi connectivity index (χ4n) is 5.04. The van der Waals surface area contributed by atoms with Crippen LogP contribution in [0.1, 0.15) is 31.7 Å². The van der Waals surface area contributed by atoms with Crippen LogP contribution in [-0.4, -0.2) is 48.9 Å². The number of para-hydroxylation sites is 1. The van der Waals surface area contributed by atoms with Crippen LogP contribution >= 0.6 is 0 Å². The highest BCUT2D eigenvalue weighted by atomic mass is 16.5. The second kappa shape index (κ2) is 5.99. The molecule has 0 bridgehead atoms. The number of methoxy groups -OCH3 is 1. The minimum Gasteiger partial charge on any atom is -0.466 e. The van der Waals surface area contributed by atoms with E-state index in [-0.39, 0.29) is 23.2 Å². The first-order valence-electron chi connectivity index (χ1n) is 8.96. The number of likely N-dealkylation sites (tertiary alicyclic amines) is 1. The van der Waals surface area contributed by atoms with Crippen molar-refractivity contribution in [3.05, 3.63) is 41.5 Å². The topological polar surface area (TPSA) is 58.6 Å². The quantitative estimate of drug-likeness (QED) is 0.852. The van der Waals surface area contributed by atoms with Crippen LogP contribution < -0.4 is 5.32 Å². The average molecular weight is 340 g/mol. The highest BCUT2D eigenvalue weighted by Gasteiger charge is 2.60. The molecule has 2 heterocycles. The molecule has 5 nitrogen and oxygen atoms in total. The molecule has 1 fully saturated rings. The summed E-state index contributed by atoms with van der Waals surface area (Å²) in [7, 11) is 1.44. The molecular weight excluding hydrogens is 316 g/mol. The monoisotopic (exact) mass is 340 g/mol. The molecule has 0 aromatic heterocycles. The molecule has 1 aliphatic carbocycles. The van der Waals surface area contributed by atoms with Gasteiger partial charge >= 0.3 is 5.97 Å². The second-order valence-corrected chi connectivity index (χ2v) is 7.30. The van der Waals surface area contributed by atoms with Crippen LogP contribution in [0, 0.1) is 0 Å². The van der Waals surface area contributed by atoms with Crippen molar-refractivity contribution < 1.29 is 14.3 Å². The van der Waals surface area contributed by atoms with E-state index in [9.17, 15) is 9.59 Å². The van der Waals surface area contributed by atoms with Crippen molar-refractivity contribution in [2.24, 2.45) is 0 Å². The summed E-state index contributed by atoms with van der Waals surface area (Å²) in [5.74, 6) is -0.0191. The van der Waals surface area contributed by atoms with Gasteiger partial charge in [0.15, 0.2) is 0 Å². The van der Waals surface area contributed by atoms with Crippen LogP contribution in [-0.2, 0) is 19.7 Å². The number of carbonyl (C=O) groups is 2. The SMILES string of the molecule is COC(=O)C1=CC[C@@H]2N(CCC(C)=O)CC[C@@]23c2ccccc2N[C@@H]13. The number of benzene rings is 1. The number of anilines is 1. The van der Waals surface area contributed by atoms with Gasteiger partial charge in [0, 0.05) is 30.1 Å². The summed E-state index contributed by atoms with van der Waals surface area (Å²) >= 11 is 0. The Morgan fingerprint density at radius 1 is 1.36 bits per heavy atom. The van der Waals surface area contributed by atoms with Crippen LogP contribution in [0.3, 0.4) is 0 Å². The summed E-state index contributed by atoms with van der Waals surface area (Å²) in [5, 5.41) is 3.59. The predicted molar refractivity (Wildman–Crippen MR) is 95.5 cm³/mol. The van der Waals surface area contributed by atoms with Gasteiger partial charge in [-0.05, 0) is 37.9 Å². The predicted octanol–water partition coefficient (Wildman–Crippen LogP) is 2.28. The highest BCUT2D eigenvalue weighted by Crippen LogP contribution is 2.55. The number of hydrogen-bond acceptors (Lipinski definition) is 5. The molecule has 1 aromatic rings. The zero-order chi connectivity index (χ0) is 17.6. The Hall–Kier alpha value is -2.14. The Balaban J connectivity index is 1.76. The van der Waals surface area contributed by atoms with Gasteiger partial charge in [-0.2, -0.15) is 0 Å². The third-order valence-electron chi connectivity index (χ3n) is 6.14. The molecule has 3 aliphatic rings. The highest BCUT2D eigenvalue weighted by molar-refractivity contribution is 5.92. The largest absolute Gasteiger partial charge is 0.466 e. The van der Waals surface area contributed by atoms with Crippen LogP contribution in [0.2, 0.25) is 0 Å². The maximum absolute atomic E-state index is 12.4. The number of fused-ring (bicyclic) bond motifs is 1. The number of ether oxygens (including phenoxy) is 1. The van der Waals surface area contributed by atoms with Crippen LogP contribution in [0.25, 0.3) is 0 Å². The number of Topliss-reactive ketones (excluding diaryl/α,β-unsaturated/α-hetero) is 1. The second-order valence-electron chi connectivity index (χ2n) is 7.30. The summed E-state index contributed by atoms with van der Waals surface area (Å²) in [6, 6.07) is 8.62. The maximum Gasteiger partial charge on any atom is 0.335 e. The van der Waals surface area contributed by atoms with Gasteiger partial charge in [-0.3, -0.25) is 9.69 Å². The van der Waals surface area contributed by atoms with Crippen molar-refractivity contribution in [3.63, 3.8) is 0 Å². The first-order chi connectivity index (χ1) is 12.1. The molecule has 0 saturated carbocycles. The molecule has 3 atom stereocenters. The zero-order valence-corrected chi connectivity index (χ0v) is 14.7. The lowest BCUT2D eigenvalue weighted by Crippen LogP contribution is -2.53. The summed E-state index contributed by atoms with van der Waals surface area (Å²) < 4.78 is 5.04. The summed E-state index contributed by atoms with van der Waals surface area (Å²) in [6.07, 6.45) is 4.41. The fraction of sp³-hybridized carbons (Fsp3) is 0.500. The number of ketones is 1. The molecule has 25 heavy (non-hydrogen) atoms. The third-order valence-corrected chi connectivity index (χ3v) is 6.14. The Morgan fingerprint density at radius 3 is 2.92 bits per heavy atom. The number of nitrogens with zero attached hydrogens (tertiary/aromatic N) is 1. The average Bonchev–Trinajstić information content (AvgIpc) is 3.16. The van der Waals surface area contributed by atoms with Crippen molar-refractivity contribution in [1.29, 1.82) is 0 Å². The first-order valence-corrected chi connectivity index (χ1v) is 8.96. The van der Waals surface area contributed by atoms with Gasteiger partial charge in [-0.15, -0.1) is 0 Å². The number of hydrogen-bond donors (Lipinski definition) is 1. The number of esters is 1. The van der Waals surface area contributed by atoms with Crippen molar-refractivity contribution in [1.82, 2.24) is 4.90 Å². The van der Waals surface area contributed by atoms with Crippen LogP contribution in [0.5, 0.6) is 0 Å². The lowest BCUT2D eigenvalue weighted by Gasteiger charge is -2.43. The van der Waals surface area contributed by atoms with E-state index in [0.717, 1.165) is 37.2 Å². The molecule has 4 rings (SSSR count). The molecule has 132 valence electrons. The number of rotatable bonds is 4. The minimum absolute atomic E-state index is 0.0570. The molecule has 0 radical (unpaired) electrons. The molecule has 1 spiro atoms. The van der Waals surface area contributed by atoms with Crippen molar-refractivity contribution in [2.75, 3.05) is 25.5 Å². The van der Waals surface area contributed by atoms with Gasteiger partial charge in [-0.1, -0.05) is 24.3 Å². The molecule has 1 aromatic carbocycles. The molecule has 0 unspecified atom stereocenters. The van der Waals surface area contributed by atoms with E-state index in [2.05, 4.69) is 28.4 Å². The Morgan fingerprint density at radius 2 is 2.16 bits per heavy atom. The van der Waals surface area contributed by atoms with Crippen LogP contribution in [0.15, 0.2) is 35.9 Å². The van der Waals surface area contributed by atoms with Gasteiger partial charge < -0.3 is 10.1 Å². The van der Waals surface area contributed by atoms with E-state index in [1.54, 1.807) is 6.92 Å². The third kappa shape index (κ3) is 2.33. The molecular formula is C20H24N2O3. The lowest BCUT2D eigenvalue weighted by atomic mass is 9.65. The minimum atomic E-state index is -0.245. The normalized spacial score (nSPS) is 29.9. The number of carbonyl (C=O) groups excluding carboxylic acids is 2. The Kier molecular flexibility index (Phi) is 3.91. The maximum atomic E-state index is 12.4. The smallest absolute Gasteiger partial charge is 0.335 e. The summed E-state index contributed by atoms with van der Waals surface area (Å²) in [5.41, 5.74) is 3.03. The molecule has 1 saturated heterocycles. The van der Waals surface area contributed by atoms with Gasteiger partial charge in [0.2, 0.25) is 0 Å². The molecule has 5 heteroatoms. The molecule has 0 amide bonds. The summed E-state index contributed by atoms with van der Waals surface area (Å²) in [4.78, 5) is 26.2. The fourth-order valence-corrected chi connectivity index (χ4v) is 5.04. The van der Waals surface area contributed by atoms with E-state index >= 15 is 0 Å². The van der Waals surface area contributed by atoms with Crippen molar-refractivity contribution in [2.45, 2.75) is 43.7 Å². The van der Waals surface area contributed by atoms with Gasteiger partial charge in [0.25, 0.3) is 0 Å². The Labute approximate surface area is 148 Å². The van der Waals surface area contributed by atoms with E-state index in [0.29, 0.717) is 12.5 Å². The Bertz CT molecular complexity index is 757. The van der Waals surface area contributed by atoms with Gasteiger partial charge in [-0.25, -0.2) is 4.79 Å². The van der Waals surface area contributed by atoms with E-state index < -0.39 is 0 Å². The van der Waals surface area contributed by atoms with E-state index in [1.165, 1.54) is 12.7 Å². The van der Waals surface area contributed by atoms with E-state index in [1.807, 2.05) is 12.1 Å². The number of nitrogens with one attached hydrogen (secondary N) is 1. The standard InChI is InChI=1S/C20H24N2O3/c1-13(23)9-11-22-12-10-20-15-5-3-4-6-16(15)21-18(20)14(19(24)25-2)7-8-17(20)22/h3-7,17-18,21H,8-12H2,1-2H3/t17-,18-,20+/m0/s1. The van der Waals surface area contributed by atoms with Crippen LogP contribution in [0.4, 0.5) is 5.69 Å². The summed E-state index contributed by atoms with van der Waals surface area (Å²) in [6.45, 7) is 3.39. The molecule has 2 aliphatic heterocycles. The zero-order valence-electron chi connectivity index (χ0n) is 14.7. The van der Waals surface area contributed by atoms with E-state index in [4.69, 9.17) is 4.74 Å². The lowest BCUT2D eigenvalue weighted by molar-refractivity contribution is -0.136. The van der Waals surface area contributed by atoms with Gasteiger partial charge in [0.05, 0.1) is 18.7 Å². The molecule has 1 N–H and O–H groups in total. The van der Waals surface area contributed by atoms with Crippen molar-refractivity contribution in [3.8, 4) is 0 Å². The first kappa shape index (κ1) is 16.3.